The van der Waals surface area contributed by atoms with Crippen molar-refractivity contribution >= 4 is 62.9 Å². The van der Waals surface area contributed by atoms with E-state index < -0.39 is 22.7 Å². The van der Waals surface area contributed by atoms with E-state index in [9.17, 15) is 24.5 Å². The molecule has 4 aromatic carbocycles. The monoisotopic (exact) mass is 620 g/mol. The number of halogens is 2. The van der Waals surface area contributed by atoms with E-state index in [2.05, 4.69) is 31.8 Å². The molecule has 0 radical (unpaired) electrons. The normalized spacial score (nSPS) is 10.7. The third-order valence-corrected chi connectivity index (χ3v) is 6.13. The molecule has 0 saturated carbocycles. The molecule has 0 aliphatic heterocycles. The summed E-state index contributed by atoms with van der Waals surface area (Å²) < 4.78 is 6.11. The minimum atomic E-state index is -0.735. The number of hydrogen-bond acceptors (Lipinski definition) is 7. The summed E-state index contributed by atoms with van der Waals surface area (Å²) >= 11 is 9.22. The van der Waals surface area contributed by atoms with Crippen LogP contribution in [0.5, 0.6) is 5.75 Å². The lowest BCUT2D eigenvalue weighted by Crippen LogP contribution is -2.21. The Kier molecular flexibility index (Phi) is 9.00. The third kappa shape index (κ3) is 7.16. The number of para-hydroxylation sites is 1. The van der Waals surface area contributed by atoms with Crippen molar-refractivity contribution in [2.45, 2.75) is 0 Å². The standard InChI is InChI=1S/C28H18BrClN4O6/c29-20-9-14-25(40-28(37)18-7-12-22(13-8-18)34(38)39)19(15-20)16-31-33-27(36)23-3-1-2-4-24(23)32-26(35)17-5-10-21(30)11-6-17/h1-16H,(H,32,35)(H,33,36)/b31-16-. The lowest BCUT2D eigenvalue weighted by atomic mass is 10.1. The SMILES string of the molecule is O=C(Nc1ccccc1C(=O)N/N=C\c1cc(Br)ccc1OC(=O)c1ccc([N+](=O)[O-])cc1)c1ccc(Cl)cc1. The maximum atomic E-state index is 12.9. The molecule has 200 valence electrons. The Morgan fingerprint density at radius 2 is 1.57 bits per heavy atom. The summed E-state index contributed by atoms with van der Waals surface area (Å²) in [5, 5.41) is 18.0. The highest BCUT2D eigenvalue weighted by Crippen LogP contribution is 2.24. The number of benzene rings is 4. The van der Waals surface area contributed by atoms with Crippen molar-refractivity contribution in [1.29, 1.82) is 0 Å². The number of nitrogens with zero attached hydrogens (tertiary/aromatic N) is 2. The van der Waals surface area contributed by atoms with Crippen LogP contribution in [-0.2, 0) is 0 Å². The first kappa shape index (κ1) is 28.1. The molecule has 4 aromatic rings. The molecule has 10 nitrogen and oxygen atoms in total. The van der Waals surface area contributed by atoms with Crippen LogP contribution in [0.1, 0.15) is 36.6 Å². The lowest BCUT2D eigenvalue weighted by molar-refractivity contribution is -0.384. The summed E-state index contributed by atoms with van der Waals surface area (Å²) in [5.74, 6) is -1.61. The predicted molar refractivity (Wildman–Crippen MR) is 153 cm³/mol. The zero-order valence-corrected chi connectivity index (χ0v) is 22.7. The van der Waals surface area contributed by atoms with Crippen LogP contribution >= 0.6 is 27.5 Å². The molecule has 0 fully saturated rings. The Balaban J connectivity index is 1.46. The average molecular weight is 622 g/mol. The fraction of sp³-hybridized carbons (Fsp3) is 0. The van der Waals surface area contributed by atoms with Crippen LogP contribution in [0, 0.1) is 10.1 Å². The largest absolute Gasteiger partial charge is 0.422 e. The van der Waals surface area contributed by atoms with Gasteiger partial charge in [-0.05, 0) is 66.7 Å². The van der Waals surface area contributed by atoms with Crippen LogP contribution in [0.15, 0.2) is 101 Å². The zero-order chi connectivity index (χ0) is 28.6. The van der Waals surface area contributed by atoms with E-state index in [1.54, 1.807) is 54.6 Å². The number of carbonyl (C=O) groups is 3. The molecule has 2 amide bonds. The molecule has 0 saturated heterocycles. The van der Waals surface area contributed by atoms with Gasteiger partial charge in [0, 0.05) is 32.8 Å². The highest BCUT2D eigenvalue weighted by Gasteiger charge is 2.16. The van der Waals surface area contributed by atoms with Gasteiger partial charge in [-0.3, -0.25) is 19.7 Å². The summed E-state index contributed by atoms with van der Waals surface area (Å²) in [4.78, 5) is 48.3. The Morgan fingerprint density at radius 1 is 0.900 bits per heavy atom. The molecule has 0 spiro atoms. The lowest BCUT2D eigenvalue weighted by Gasteiger charge is -2.10. The van der Waals surface area contributed by atoms with E-state index in [0.29, 0.717) is 20.6 Å². The first-order valence-corrected chi connectivity index (χ1v) is 12.6. The number of rotatable bonds is 8. The fourth-order valence-electron chi connectivity index (χ4n) is 3.40. The number of non-ortho nitro benzene ring substituents is 1. The second kappa shape index (κ2) is 12.8. The second-order valence-electron chi connectivity index (χ2n) is 8.08. The molecule has 0 unspecified atom stereocenters. The summed E-state index contributed by atoms with van der Waals surface area (Å²) in [6, 6.07) is 22.5. The number of esters is 1. The smallest absolute Gasteiger partial charge is 0.343 e. The van der Waals surface area contributed by atoms with Gasteiger partial charge < -0.3 is 10.1 Å². The van der Waals surface area contributed by atoms with Gasteiger partial charge in [0.05, 0.1) is 28.0 Å². The van der Waals surface area contributed by atoms with Gasteiger partial charge in [0.15, 0.2) is 0 Å². The molecule has 0 heterocycles. The molecule has 4 rings (SSSR count). The Hall–Kier alpha value is -4.87. The maximum Gasteiger partial charge on any atom is 0.343 e. The zero-order valence-electron chi connectivity index (χ0n) is 20.3. The molecular weight excluding hydrogens is 604 g/mol. The maximum absolute atomic E-state index is 12.9. The van der Waals surface area contributed by atoms with Gasteiger partial charge in [0.1, 0.15) is 5.75 Å². The van der Waals surface area contributed by atoms with E-state index in [0.717, 1.165) is 0 Å². The van der Waals surface area contributed by atoms with Crippen molar-refractivity contribution < 1.29 is 24.0 Å². The van der Waals surface area contributed by atoms with Crippen LogP contribution in [-0.4, -0.2) is 28.9 Å². The first-order chi connectivity index (χ1) is 19.2. The van der Waals surface area contributed by atoms with E-state index >= 15 is 0 Å². The number of hydrazone groups is 1. The second-order valence-corrected chi connectivity index (χ2v) is 9.43. The molecule has 40 heavy (non-hydrogen) atoms. The fourth-order valence-corrected chi connectivity index (χ4v) is 3.90. The van der Waals surface area contributed by atoms with Gasteiger partial charge in [-0.2, -0.15) is 5.10 Å². The van der Waals surface area contributed by atoms with Crippen molar-refractivity contribution in [2.75, 3.05) is 5.32 Å². The van der Waals surface area contributed by atoms with Crippen molar-refractivity contribution in [2.24, 2.45) is 5.10 Å². The highest BCUT2D eigenvalue weighted by molar-refractivity contribution is 9.10. The first-order valence-electron chi connectivity index (χ1n) is 11.5. The minimum absolute atomic E-state index is 0.113. The molecule has 0 bridgehead atoms. The van der Waals surface area contributed by atoms with Gasteiger partial charge in [0.25, 0.3) is 17.5 Å². The summed E-state index contributed by atoms with van der Waals surface area (Å²) in [6.07, 6.45) is 1.29. The van der Waals surface area contributed by atoms with Crippen LogP contribution in [0.4, 0.5) is 11.4 Å². The van der Waals surface area contributed by atoms with Crippen molar-refractivity contribution in [1.82, 2.24) is 5.43 Å². The van der Waals surface area contributed by atoms with Gasteiger partial charge in [-0.15, -0.1) is 0 Å². The Bertz CT molecular complexity index is 1630. The van der Waals surface area contributed by atoms with Crippen LogP contribution < -0.4 is 15.5 Å². The highest BCUT2D eigenvalue weighted by atomic mass is 79.9. The van der Waals surface area contributed by atoms with E-state index in [4.69, 9.17) is 16.3 Å². The van der Waals surface area contributed by atoms with E-state index in [1.807, 2.05) is 0 Å². The topological polar surface area (TPSA) is 140 Å². The van der Waals surface area contributed by atoms with Gasteiger partial charge in [-0.1, -0.05) is 39.7 Å². The predicted octanol–water partition coefficient (Wildman–Crippen LogP) is 6.25. The number of nitrogens with one attached hydrogen (secondary N) is 2. The molecule has 12 heteroatoms. The molecular formula is C28H18BrClN4O6. The Morgan fingerprint density at radius 3 is 2.27 bits per heavy atom. The minimum Gasteiger partial charge on any atom is -0.422 e. The van der Waals surface area contributed by atoms with Crippen molar-refractivity contribution in [3.8, 4) is 5.75 Å². The van der Waals surface area contributed by atoms with E-state index in [-0.39, 0.29) is 28.3 Å². The number of nitro groups is 1. The number of hydrogen-bond donors (Lipinski definition) is 2. The molecule has 2 N–H and O–H groups in total. The summed E-state index contributed by atoms with van der Waals surface area (Å²) in [5.41, 5.74) is 3.52. The molecule has 0 aliphatic rings. The third-order valence-electron chi connectivity index (χ3n) is 5.38. The molecule has 0 aliphatic carbocycles. The number of carbonyl (C=O) groups excluding carboxylic acids is 3. The van der Waals surface area contributed by atoms with Crippen LogP contribution in [0.2, 0.25) is 5.02 Å². The van der Waals surface area contributed by atoms with Gasteiger partial charge in [0.2, 0.25) is 0 Å². The molecule has 0 aromatic heterocycles. The number of nitro benzene ring substituents is 1. The average Bonchev–Trinajstić information content (AvgIpc) is 2.95. The number of anilines is 1. The van der Waals surface area contributed by atoms with E-state index in [1.165, 1.54) is 42.6 Å². The Labute approximate surface area is 240 Å². The number of ether oxygens (including phenoxy) is 1. The van der Waals surface area contributed by atoms with Crippen molar-refractivity contribution in [3.05, 3.63) is 133 Å². The van der Waals surface area contributed by atoms with Gasteiger partial charge in [-0.25, -0.2) is 10.2 Å². The quantitative estimate of drug-likeness (QED) is 0.0784. The van der Waals surface area contributed by atoms with Crippen LogP contribution in [0.3, 0.4) is 0 Å². The summed E-state index contributed by atoms with van der Waals surface area (Å²) in [7, 11) is 0. The van der Waals surface area contributed by atoms with Crippen LogP contribution in [0.25, 0.3) is 0 Å². The van der Waals surface area contributed by atoms with Crippen molar-refractivity contribution in [3.63, 3.8) is 0 Å². The summed E-state index contributed by atoms with van der Waals surface area (Å²) in [6.45, 7) is 0. The van der Waals surface area contributed by atoms with Gasteiger partial charge >= 0.3 is 5.97 Å². The molecule has 0 atom stereocenters. The number of amides is 2.